The van der Waals surface area contributed by atoms with Crippen molar-refractivity contribution in [3.05, 3.63) is 0 Å². The first-order valence-corrected chi connectivity index (χ1v) is 7.49. The highest BCUT2D eigenvalue weighted by Crippen LogP contribution is 2.44. The molecule has 1 amide bonds. The van der Waals surface area contributed by atoms with Crippen LogP contribution in [-0.2, 0) is 9.59 Å². The second-order valence-corrected chi connectivity index (χ2v) is 6.48. The third kappa shape index (κ3) is 5.49. The first kappa shape index (κ1) is 17.0. The van der Waals surface area contributed by atoms with E-state index in [0.29, 0.717) is 6.42 Å². The molecule has 0 heterocycles. The van der Waals surface area contributed by atoms with Crippen LogP contribution in [-0.4, -0.2) is 34.2 Å². The fourth-order valence-corrected chi connectivity index (χ4v) is 3.18. The number of aliphatic carboxylic acids is 1. The highest BCUT2D eigenvalue weighted by Gasteiger charge is 2.38. The van der Waals surface area contributed by atoms with Crippen LogP contribution in [0.15, 0.2) is 0 Å². The number of carbonyl (C=O) groups is 2. The van der Waals surface area contributed by atoms with Crippen LogP contribution in [0.25, 0.3) is 0 Å². The van der Waals surface area contributed by atoms with E-state index >= 15 is 0 Å². The van der Waals surface area contributed by atoms with Crippen molar-refractivity contribution in [1.29, 1.82) is 0 Å². The number of nitrogens with one attached hydrogen (secondary N) is 1. The van der Waals surface area contributed by atoms with Crippen LogP contribution in [0.3, 0.4) is 0 Å². The van der Waals surface area contributed by atoms with E-state index < -0.39 is 11.6 Å². The van der Waals surface area contributed by atoms with E-state index in [-0.39, 0.29) is 30.7 Å². The molecule has 0 radical (unpaired) electrons. The summed E-state index contributed by atoms with van der Waals surface area (Å²) in [5, 5.41) is 21.8. The number of carbonyl (C=O) groups excluding carboxylic acids is 1. The second-order valence-electron chi connectivity index (χ2n) is 6.48. The molecule has 0 bridgehead atoms. The Kier molecular flexibility index (Phi) is 5.99. The van der Waals surface area contributed by atoms with Gasteiger partial charge in [0.2, 0.25) is 5.91 Å². The van der Waals surface area contributed by atoms with Crippen molar-refractivity contribution >= 4 is 11.9 Å². The predicted molar refractivity (Wildman–Crippen MR) is 76.3 cm³/mol. The van der Waals surface area contributed by atoms with Crippen LogP contribution >= 0.6 is 0 Å². The lowest BCUT2D eigenvalue weighted by Crippen LogP contribution is -2.42. The number of carboxylic acids is 1. The predicted octanol–water partition coefficient (Wildman–Crippen LogP) is 2.08. The van der Waals surface area contributed by atoms with Crippen LogP contribution in [0.4, 0.5) is 0 Å². The molecular formula is C15H27NO4. The van der Waals surface area contributed by atoms with E-state index in [2.05, 4.69) is 5.32 Å². The maximum Gasteiger partial charge on any atom is 0.303 e. The Morgan fingerprint density at radius 2 is 1.85 bits per heavy atom. The summed E-state index contributed by atoms with van der Waals surface area (Å²) in [6.07, 6.45) is 5.39. The van der Waals surface area contributed by atoms with Gasteiger partial charge in [-0.05, 0) is 31.6 Å². The molecule has 1 saturated carbocycles. The lowest BCUT2D eigenvalue weighted by Gasteiger charge is -2.28. The van der Waals surface area contributed by atoms with E-state index in [9.17, 15) is 14.7 Å². The minimum absolute atomic E-state index is 0.0613. The van der Waals surface area contributed by atoms with Gasteiger partial charge in [-0.15, -0.1) is 0 Å². The van der Waals surface area contributed by atoms with Crippen molar-refractivity contribution in [3.8, 4) is 0 Å². The van der Waals surface area contributed by atoms with Crippen molar-refractivity contribution < 1.29 is 19.8 Å². The third-order valence-corrected chi connectivity index (χ3v) is 4.18. The molecule has 20 heavy (non-hydrogen) atoms. The van der Waals surface area contributed by atoms with Crippen molar-refractivity contribution in [2.24, 2.45) is 5.41 Å². The molecule has 116 valence electrons. The number of aliphatic hydroxyl groups is 1. The number of hydrogen-bond acceptors (Lipinski definition) is 3. The van der Waals surface area contributed by atoms with Crippen molar-refractivity contribution in [3.63, 3.8) is 0 Å². The number of amides is 1. The average molecular weight is 285 g/mol. The summed E-state index contributed by atoms with van der Waals surface area (Å²) in [6, 6.07) is 0. The molecule has 0 aromatic rings. The van der Waals surface area contributed by atoms with Crippen LogP contribution in [0, 0.1) is 5.41 Å². The minimum atomic E-state index is -0.889. The van der Waals surface area contributed by atoms with Gasteiger partial charge in [0, 0.05) is 13.0 Å². The van der Waals surface area contributed by atoms with Crippen LogP contribution in [0.5, 0.6) is 0 Å². The van der Waals surface area contributed by atoms with Gasteiger partial charge in [0.25, 0.3) is 0 Å². The second kappa shape index (κ2) is 7.07. The molecule has 3 N–H and O–H groups in total. The Balaban J connectivity index is 2.49. The smallest absolute Gasteiger partial charge is 0.303 e. The minimum Gasteiger partial charge on any atom is -0.481 e. The number of rotatable bonds is 8. The Bertz CT molecular complexity index is 346. The van der Waals surface area contributed by atoms with Gasteiger partial charge in [-0.3, -0.25) is 9.59 Å². The Hall–Kier alpha value is -1.10. The molecule has 1 atom stereocenters. The summed E-state index contributed by atoms with van der Waals surface area (Å²) in [5.74, 6) is -0.984. The fraction of sp³-hybridized carbons (Fsp3) is 0.867. The van der Waals surface area contributed by atoms with Gasteiger partial charge in [-0.2, -0.15) is 0 Å². The summed E-state index contributed by atoms with van der Waals surface area (Å²) in [6.45, 7) is 3.92. The summed E-state index contributed by atoms with van der Waals surface area (Å²) in [4.78, 5) is 23.0. The molecule has 1 fully saturated rings. The maximum atomic E-state index is 12.0. The van der Waals surface area contributed by atoms with Gasteiger partial charge in [-0.1, -0.05) is 26.2 Å². The first-order valence-electron chi connectivity index (χ1n) is 7.49. The van der Waals surface area contributed by atoms with Crippen molar-refractivity contribution in [2.45, 2.75) is 70.8 Å². The molecule has 5 heteroatoms. The van der Waals surface area contributed by atoms with E-state index in [4.69, 9.17) is 5.11 Å². The molecule has 0 aromatic heterocycles. The molecule has 1 unspecified atom stereocenters. The zero-order chi connectivity index (χ0) is 15.2. The largest absolute Gasteiger partial charge is 0.481 e. The maximum absolute atomic E-state index is 12.0. The van der Waals surface area contributed by atoms with Crippen molar-refractivity contribution in [1.82, 2.24) is 5.32 Å². The number of carboxylic acid groups (broad SMARTS) is 1. The van der Waals surface area contributed by atoms with E-state index in [1.165, 1.54) is 0 Å². The molecule has 1 aliphatic carbocycles. The average Bonchev–Trinajstić information content (AvgIpc) is 2.74. The van der Waals surface area contributed by atoms with Crippen LogP contribution in [0.1, 0.15) is 65.2 Å². The fourth-order valence-electron chi connectivity index (χ4n) is 3.18. The molecule has 0 aromatic carbocycles. The van der Waals surface area contributed by atoms with Gasteiger partial charge < -0.3 is 15.5 Å². The summed E-state index contributed by atoms with van der Waals surface area (Å²) >= 11 is 0. The van der Waals surface area contributed by atoms with Gasteiger partial charge in [0.1, 0.15) is 0 Å². The standard InChI is InChI=1S/C15H27NO4/c1-3-6-14(2,20)11-16-12(17)9-15(10-13(18)19)7-4-5-8-15/h20H,3-11H2,1-2H3,(H,16,17)(H,18,19). The SMILES string of the molecule is CCCC(C)(O)CNC(=O)CC1(CC(=O)O)CCCC1. The van der Waals surface area contributed by atoms with Crippen molar-refractivity contribution in [2.75, 3.05) is 6.54 Å². The van der Waals surface area contributed by atoms with Gasteiger partial charge >= 0.3 is 5.97 Å². The van der Waals surface area contributed by atoms with Gasteiger partial charge in [0.05, 0.1) is 12.0 Å². The van der Waals surface area contributed by atoms with Gasteiger partial charge in [-0.25, -0.2) is 0 Å². The normalized spacial score (nSPS) is 20.4. The molecule has 1 aliphatic rings. The van der Waals surface area contributed by atoms with Gasteiger partial charge in [0.15, 0.2) is 0 Å². The van der Waals surface area contributed by atoms with E-state index in [0.717, 1.165) is 32.1 Å². The molecule has 1 rings (SSSR count). The monoisotopic (exact) mass is 285 g/mol. The first-order chi connectivity index (χ1) is 9.29. The topological polar surface area (TPSA) is 86.6 Å². The molecular weight excluding hydrogens is 258 g/mol. The number of hydrogen-bond donors (Lipinski definition) is 3. The Morgan fingerprint density at radius 3 is 2.35 bits per heavy atom. The zero-order valence-electron chi connectivity index (χ0n) is 12.6. The summed E-state index contributed by atoms with van der Waals surface area (Å²) in [5.41, 5.74) is -1.27. The molecule has 0 spiro atoms. The van der Waals surface area contributed by atoms with Crippen LogP contribution < -0.4 is 5.32 Å². The molecule has 0 aliphatic heterocycles. The molecule has 0 saturated heterocycles. The lowest BCUT2D eigenvalue weighted by atomic mass is 9.79. The quantitative estimate of drug-likeness (QED) is 0.637. The third-order valence-electron chi connectivity index (χ3n) is 4.18. The summed E-state index contributed by atoms with van der Waals surface area (Å²) in [7, 11) is 0. The van der Waals surface area contributed by atoms with E-state index in [1.54, 1.807) is 6.92 Å². The molecule has 5 nitrogen and oxygen atoms in total. The Labute approximate surface area is 120 Å². The highest BCUT2D eigenvalue weighted by molar-refractivity contribution is 5.78. The highest BCUT2D eigenvalue weighted by atomic mass is 16.4. The Morgan fingerprint density at radius 1 is 1.25 bits per heavy atom. The summed E-state index contributed by atoms with van der Waals surface area (Å²) < 4.78 is 0. The lowest BCUT2D eigenvalue weighted by molar-refractivity contribution is -0.140. The zero-order valence-corrected chi connectivity index (χ0v) is 12.6. The van der Waals surface area contributed by atoms with E-state index in [1.807, 2.05) is 6.92 Å². The van der Waals surface area contributed by atoms with Crippen LogP contribution in [0.2, 0.25) is 0 Å².